The summed E-state index contributed by atoms with van der Waals surface area (Å²) in [5, 5.41) is 11.5. The highest BCUT2D eigenvalue weighted by Gasteiger charge is 2.25. The highest BCUT2D eigenvalue weighted by Crippen LogP contribution is 2.07. The number of carboxylic acid groups (broad SMARTS) is 1. The molecule has 0 aromatic rings. The van der Waals surface area contributed by atoms with Crippen LogP contribution >= 0.6 is 0 Å². The molecule has 6 nitrogen and oxygen atoms in total. The number of carbonyl (C=O) groups excluding carboxylic acids is 1. The number of carboxylic acids is 1. The molecule has 0 rings (SSSR count). The molecule has 0 saturated carbocycles. The van der Waals surface area contributed by atoms with Crippen LogP contribution in [0.25, 0.3) is 0 Å². The predicted molar refractivity (Wildman–Crippen MR) is 68.6 cm³/mol. The van der Waals surface area contributed by atoms with E-state index in [-0.39, 0.29) is 25.0 Å². The molecule has 0 fully saturated rings. The largest absolute Gasteiger partial charge is 0.481 e. The average Bonchev–Trinajstić information content (AvgIpc) is 2.15. The Morgan fingerprint density at radius 3 is 2.33 bits per heavy atom. The van der Waals surface area contributed by atoms with Gasteiger partial charge in [-0.15, -0.1) is 0 Å². The van der Waals surface area contributed by atoms with Crippen molar-refractivity contribution < 1.29 is 19.4 Å². The number of hydrogen-bond donors (Lipinski definition) is 2. The standard InChI is InChI=1S/C12H24N2O4/c1-9(2)14(7-6-10(15)16)11(17)13-12(3,4)8-18-5/h9H,6-8H2,1-5H3,(H,13,17)(H,15,16). The van der Waals surface area contributed by atoms with Gasteiger partial charge in [0.2, 0.25) is 0 Å². The van der Waals surface area contributed by atoms with Crippen molar-refractivity contribution in [1.29, 1.82) is 0 Å². The number of methoxy groups -OCH3 is 1. The van der Waals surface area contributed by atoms with Crippen LogP contribution in [0.2, 0.25) is 0 Å². The van der Waals surface area contributed by atoms with Gasteiger partial charge < -0.3 is 20.1 Å². The number of hydrogen-bond acceptors (Lipinski definition) is 3. The molecule has 0 aliphatic carbocycles. The van der Waals surface area contributed by atoms with Crippen LogP contribution in [-0.2, 0) is 9.53 Å². The fourth-order valence-corrected chi connectivity index (χ4v) is 1.57. The first-order chi connectivity index (χ1) is 8.19. The summed E-state index contributed by atoms with van der Waals surface area (Å²) in [5.74, 6) is -0.912. The Bertz CT molecular complexity index is 290. The predicted octanol–water partition coefficient (Wildman–Crippen LogP) is 1.31. The van der Waals surface area contributed by atoms with Crippen molar-refractivity contribution in [3.8, 4) is 0 Å². The molecular weight excluding hydrogens is 236 g/mol. The quantitative estimate of drug-likeness (QED) is 0.723. The minimum absolute atomic E-state index is 0.0531. The lowest BCUT2D eigenvalue weighted by atomic mass is 10.1. The first-order valence-corrected chi connectivity index (χ1v) is 5.99. The molecule has 0 atom stereocenters. The van der Waals surface area contributed by atoms with Crippen molar-refractivity contribution in [3.63, 3.8) is 0 Å². The van der Waals surface area contributed by atoms with Crippen LogP contribution in [0, 0.1) is 0 Å². The van der Waals surface area contributed by atoms with Gasteiger partial charge in [0.05, 0.1) is 18.6 Å². The molecule has 0 saturated heterocycles. The normalized spacial score (nSPS) is 11.4. The molecular formula is C12H24N2O4. The lowest BCUT2D eigenvalue weighted by molar-refractivity contribution is -0.137. The van der Waals surface area contributed by atoms with Crippen molar-refractivity contribution in [3.05, 3.63) is 0 Å². The number of nitrogens with zero attached hydrogens (tertiary/aromatic N) is 1. The van der Waals surface area contributed by atoms with Gasteiger partial charge in [0, 0.05) is 19.7 Å². The number of rotatable bonds is 7. The van der Waals surface area contributed by atoms with Gasteiger partial charge in [0.15, 0.2) is 0 Å². The van der Waals surface area contributed by atoms with Crippen LogP contribution in [0.3, 0.4) is 0 Å². The fourth-order valence-electron chi connectivity index (χ4n) is 1.57. The molecule has 0 radical (unpaired) electrons. The van der Waals surface area contributed by atoms with Crippen LogP contribution in [0.15, 0.2) is 0 Å². The Labute approximate surface area is 108 Å². The third-order valence-corrected chi connectivity index (χ3v) is 2.40. The summed E-state index contributed by atoms with van der Waals surface area (Å²) in [6.07, 6.45) is -0.0592. The van der Waals surface area contributed by atoms with Crippen LogP contribution in [0.5, 0.6) is 0 Å². The Hall–Kier alpha value is -1.30. The van der Waals surface area contributed by atoms with Gasteiger partial charge >= 0.3 is 12.0 Å². The Morgan fingerprint density at radius 2 is 1.94 bits per heavy atom. The minimum atomic E-state index is -0.912. The highest BCUT2D eigenvalue weighted by molar-refractivity contribution is 5.76. The van der Waals surface area contributed by atoms with Gasteiger partial charge in [-0.1, -0.05) is 0 Å². The molecule has 18 heavy (non-hydrogen) atoms. The monoisotopic (exact) mass is 260 g/mol. The van der Waals surface area contributed by atoms with Gasteiger partial charge in [-0.25, -0.2) is 4.79 Å². The summed E-state index contributed by atoms with van der Waals surface area (Å²) in [7, 11) is 1.57. The van der Waals surface area contributed by atoms with E-state index in [2.05, 4.69) is 5.32 Å². The van der Waals surface area contributed by atoms with Crippen LogP contribution < -0.4 is 5.32 Å². The molecule has 2 N–H and O–H groups in total. The Morgan fingerprint density at radius 1 is 1.39 bits per heavy atom. The lowest BCUT2D eigenvalue weighted by Crippen LogP contribution is -2.54. The number of ether oxygens (including phenoxy) is 1. The molecule has 0 bridgehead atoms. The minimum Gasteiger partial charge on any atom is -0.481 e. The number of amides is 2. The lowest BCUT2D eigenvalue weighted by Gasteiger charge is -2.32. The first kappa shape index (κ1) is 16.7. The molecule has 0 unspecified atom stereocenters. The van der Waals surface area contributed by atoms with E-state index in [1.165, 1.54) is 4.90 Å². The van der Waals surface area contributed by atoms with E-state index in [4.69, 9.17) is 9.84 Å². The second kappa shape index (κ2) is 7.20. The smallest absolute Gasteiger partial charge is 0.318 e. The highest BCUT2D eigenvalue weighted by atomic mass is 16.5. The maximum atomic E-state index is 12.1. The summed E-state index contributed by atoms with van der Waals surface area (Å²) in [6, 6.07) is -0.323. The van der Waals surface area contributed by atoms with E-state index < -0.39 is 11.5 Å². The van der Waals surface area contributed by atoms with Gasteiger partial charge in [-0.05, 0) is 27.7 Å². The van der Waals surface area contributed by atoms with E-state index in [9.17, 15) is 9.59 Å². The summed E-state index contributed by atoms with van der Waals surface area (Å²) >= 11 is 0. The SMILES string of the molecule is COCC(C)(C)NC(=O)N(CCC(=O)O)C(C)C. The van der Waals surface area contributed by atoms with Crippen LogP contribution in [0.1, 0.15) is 34.1 Å². The van der Waals surface area contributed by atoms with Gasteiger partial charge in [0.1, 0.15) is 0 Å². The fraction of sp³-hybridized carbons (Fsp3) is 0.833. The summed E-state index contributed by atoms with van der Waals surface area (Å²) in [6.45, 7) is 8.00. The van der Waals surface area contributed by atoms with Gasteiger partial charge in [0.25, 0.3) is 0 Å². The van der Waals surface area contributed by atoms with Gasteiger partial charge in [-0.2, -0.15) is 0 Å². The summed E-state index contributed by atoms with van der Waals surface area (Å²) < 4.78 is 5.02. The first-order valence-electron chi connectivity index (χ1n) is 5.99. The van der Waals surface area contributed by atoms with Gasteiger partial charge in [-0.3, -0.25) is 4.79 Å². The zero-order valence-corrected chi connectivity index (χ0v) is 11.8. The zero-order valence-electron chi connectivity index (χ0n) is 11.8. The van der Waals surface area contributed by atoms with Crippen molar-refractivity contribution >= 4 is 12.0 Å². The van der Waals surface area contributed by atoms with E-state index in [0.29, 0.717) is 6.61 Å². The van der Waals surface area contributed by atoms with Crippen molar-refractivity contribution in [2.45, 2.75) is 45.7 Å². The van der Waals surface area contributed by atoms with Crippen LogP contribution in [0.4, 0.5) is 4.79 Å². The average molecular weight is 260 g/mol. The number of aliphatic carboxylic acids is 1. The number of nitrogens with one attached hydrogen (secondary N) is 1. The van der Waals surface area contributed by atoms with Crippen molar-refractivity contribution in [1.82, 2.24) is 10.2 Å². The molecule has 0 spiro atoms. The van der Waals surface area contributed by atoms with Crippen LogP contribution in [-0.4, -0.2) is 53.8 Å². The molecule has 0 aliphatic heterocycles. The van der Waals surface area contributed by atoms with E-state index >= 15 is 0 Å². The number of carbonyl (C=O) groups is 2. The number of urea groups is 1. The second-order valence-corrected chi connectivity index (χ2v) is 5.18. The maximum absolute atomic E-state index is 12.1. The van der Waals surface area contributed by atoms with E-state index in [1.807, 2.05) is 27.7 Å². The molecule has 0 aromatic carbocycles. The zero-order chi connectivity index (χ0) is 14.3. The Kier molecular flexibility index (Phi) is 6.68. The van der Waals surface area contributed by atoms with Crippen molar-refractivity contribution in [2.75, 3.05) is 20.3 Å². The van der Waals surface area contributed by atoms with Crippen molar-refractivity contribution in [2.24, 2.45) is 0 Å². The van der Waals surface area contributed by atoms with E-state index in [1.54, 1.807) is 7.11 Å². The maximum Gasteiger partial charge on any atom is 0.318 e. The molecule has 2 amide bonds. The molecule has 6 heteroatoms. The molecule has 106 valence electrons. The third kappa shape index (κ3) is 6.44. The summed E-state index contributed by atoms with van der Waals surface area (Å²) in [4.78, 5) is 24.1. The molecule has 0 aliphatic rings. The molecule has 0 aromatic heterocycles. The Balaban J connectivity index is 4.52. The third-order valence-electron chi connectivity index (χ3n) is 2.40. The topological polar surface area (TPSA) is 78.9 Å². The summed E-state index contributed by atoms with van der Waals surface area (Å²) in [5.41, 5.74) is -0.484. The second-order valence-electron chi connectivity index (χ2n) is 5.18. The van der Waals surface area contributed by atoms with E-state index in [0.717, 1.165) is 0 Å². The molecule has 0 heterocycles.